The van der Waals surface area contributed by atoms with E-state index in [-0.39, 0.29) is 16.5 Å². The first-order chi connectivity index (χ1) is 10.4. The van der Waals surface area contributed by atoms with Gasteiger partial charge in [0.05, 0.1) is 4.92 Å². The monoisotopic (exact) mass is 344 g/mol. The number of aryl methyl sites for hydroxylation is 1. The topological polar surface area (TPSA) is 120 Å². The van der Waals surface area contributed by atoms with Crippen molar-refractivity contribution in [2.45, 2.75) is 51.9 Å². The van der Waals surface area contributed by atoms with Gasteiger partial charge in [-0.05, 0) is 24.6 Å². The van der Waals surface area contributed by atoms with Crippen LogP contribution in [0.1, 0.15) is 27.2 Å². The van der Waals surface area contributed by atoms with Crippen molar-refractivity contribution < 1.29 is 19.3 Å². The fourth-order valence-corrected chi connectivity index (χ4v) is 2.71. The first kappa shape index (κ1) is 19.1. The summed E-state index contributed by atoms with van der Waals surface area (Å²) in [6, 6.07) is 0. The quantitative estimate of drug-likeness (QED) is 0.339. The highest BCUT2D eigenvalue weighted by Crippen LogP contribution is 2.36. The molecule has 1 aromatic rings. The lowest BCUT2D eigenvalue weighted by Gasteiger charge is -2.36. The van der Waals surface area contributed by atoms with Crippen LogP contribution >= 0.6 is 0 Å². The number of amides is 1. The van der Waals surface area contributed by atoms with Crippen LogP contribution in [-0.4, -0.2) is 40.8 Å². The Balaban J connectivity index is 2.62. The van der Waals surface area contributed by atoms with E-state index < -0.39 is 19.3 Å². The van der Waals surface area contributed by atoms with Gasteiger partial charge in [0.15, 0.2) is 8.32 Å². The normalized spacial score (nSPS) is 12.2. The van der Waals surface area contributed by atoms with Gasteiger partial charge in [0.25, 0.3) is 0 Å². The molecule has 0 unspecified atom stereocenters. The van der Waals surface area contributed by atoms with E-state index in [0.29, 0.717) is 19.6 Å². The minimum absolute atomic E-state index is 0.121. The summed E-state index contributed by atoms with van der Waals surface area (Å²) in [6.45, 7) is 11.7. The third-order valence-electron chi connectivity index (χ3n) is 3.97. The Kier molecular flexibility index (Phi) is 5.89. The van der Waals surface area contributed by atoms with Crippen LogP contribution < -0.4 is 5.32 Å². The first-order valence-electron chi connectivity index (χ1n) is 7.30. The Bertz CT molecular complexity index is 579. The molecule has 2 N–H and O–H groups in total. The average molecular weight is 344 g/mol. The predicted octanol–water partition coefficient (Wildman–Crippen LogP) is 3.29. The number of hydrogen-bond acceptors (Lipinski definition) is 5. The molecule has 0 saturated carbocycles. The zero-order valence-electron chi connectivity index (χ0n) is 14.1. The maximum absolute atomic E-state index is 10.9. The van der Waals surface area contributed by atoms with Crippen LogP contribution in [0.15, 0.2) is 6.20 Å². The molecule has 1 heterocycles. The van der Waals surface area contributed by atoms with Crippen molar-refractivity contribution in [1.82, 2.24) is 9.78 Å². The van der Waals surface area contributed by atoms with E-state index in [4.69, 9.17) is 9.53 Å². The van der Waals surface area contributed by atoms with Crippen molar-refractivity contribution in [3.05, 3.63) is 16.3 Å². The molecular weight excluding hydrogens is 320 g/mol. The summed E-state index contributed by atoms with van der Waals surface area (Å²) >= 11 is 0. The van der Waals surface area contributed by atoms with Crippen molar-refractivity contribution >= 4 is 25.9 Å². The lowest BCUT2D eigenvalue weighted by molar-refractivity contribution is -0.384. The first-order valence-corrected chi connectivity index (χ1v) is 10.2. The Labute approximate surface area is 135 Å². The number of hydrogen-bond donors (Lipinski definition) is 2. The molecule has 0 aliphatic rings. The molecule has 130 valence electrons. The van der Waals surface area contributed by atoms with Gasteiger partial charge in [-0.2, -0.15) is 0 Å². The Morgan fingerprint density at radius 1 is 1.52 bits per heavy atom. The van der Waals surface area contributed by atoms with Crippen LogP contribution in [0.5, 0.6) is 0 Å². The molecule has 0 aliphatic heterocycles. The lowest BCUT2D eigenvalue weighted by Crippen LogP contribution is -2.41. The van der Waals surface area contributed by atoms with Gasteiger partial charge in [-0.1, -0.05) is 20.8 Å². The number of carboxylic acid groups (broad SMARTS) is 1. The van der Waals surface area contributed by atoms with E-state index in [1.165, 1.54) is 10.9 Å². The van der Waals surface area contributed by atoms with Crippen LogP contribution in [0.25, 0.3) is 0 Å². The second-order valence-electron chi connectivity index (χ2n) is 6.78. The van der Waals surface area contributed by atoms with E-state index >= 15 is 0 Å². The molecule has 0 aliphatic carbocycles. The molecule has 0 fully saturated rings. The van der Waals surface area contributed by atoms with Crippen LogP contribution in [-0.2, 0) is 11.0 Å². The molecule has 9 nitrogen and oxygen atoms in total. The molecular formula is C13H24N4O5Si. The van der Waals surface area contributed by atoms with E-state index in [1.807, 2.05) is 5.32 Å². The largest absolute Gasteiger partial charge is 0.465 e. The summed E-state index contributed by atoms with van der Waals surface area (Å²) in [5.74, 6) is -0.271. The highest BCUT2D eigenvalue weighted by Gasteiger charge is 2.36. The number of aromatic nitrogens is 2. The van der Waals surface area contributed by atoms with Crippen molar-refractivity contribution in [3.63, 3.8) is 0 Å². The second kappa shape index (κ2) is 7.09. The summed E-state index contributed by atoms with van der Waals surface area (Å²) in [6.07, 6.45) is 0.467. The third kappa shape index (κ3) is 5.32. The third-order valence-corrected chi connectivity index (χ3v) is 8.50. The molecule has 23 heavy (non-hydrogen) atoms. The van der Waals surface area contributed by atoms with E-state index in [9.17, 15) is 14.9 Å². The van der Waals surface area contributed by atoms with Crippen LogP contribution in [0.3, 0.4) is 0 Å². The summed E-state index contributed by atoms with van der Waals surface area (Å²) in [5, 5.41) is 25.5. The van der Waals surface area contributed by atoms with E-state index in [2.05, 4.69) is 39.0 Å². The van der Waals surface area contributed by atoms with Crippen molar-refractivity contribution in [3.8, 4) is 0 Å². The molecule has 10 heteroatoms. The molecule has 1 aromatic heterocycles. The van der Waals surface area contributed by atoms with E-state index in [0.717, 1.165) is 0 Å². The molecule has 0 bridgehead atoms. The fourth-order valence-electron chi connectivity index (χ4n) is 1.62. The maximum atomic E-state index is 10.9. The van der Waals surface area contributed by atoms with Crippen LogP contribution in [0.4, 0.5) is 16.3 Å². The predicted molar refractivity (Wildman–Crippen MR) is 88.3 cm³/mol. The van der Waals surface area contributed by atoms with Crippen molar-refractivity contribution in [2.75, 3.05) is 11.9 Å². The van der Waals surface area contributed by atoms with Gasteiger partial charge in [0, 0.05) is 13.2 Å². The Morgan fingerprint density at radius 2 is 2.13 bits per heavy atom. The number of nitrogens with one attached hydrogen (secondary N) is 1. The number of nitro groups is 1. The van der Waals surface area contributed by atoms with Crippen LogP contribution in [0, 0.1) is 10.1 Å². The highest BCUT2D eigenvalue weighted by molar-refractivity contribution is 6.74. The maximum Gasteiger partial charge on any atom is 0.410 e. The second-order valence-corrected chi connectivity index (χ2v) is 11.6. The standard InChI is InChI=1S/C13H24N4O5Si/c1-13(2,3)23(4,5)22-8-6-7-16-9-10(17(20)21)11(15-16)14-12(18)19/h9H,6-8H2,1-5H3,(H,14,15)(H,18,19). The average Bonchev–Trinajstić information content (AvgIpc) is 2.75. The highest BCUT2D eigenvalue weighted by atomic mass is 28.4. The summed E-state index contributed by atoms with van der Waals surface area (Å²) in [7, 11) is -1.82. The minimum Gasteiger partial charge on any atom is -0.465 e. The SMILES string of the molecule is CC(C)(C)[Si](C)(C)OCCCn1cc([N+](=O)[O-])c(NC(=O)O)n1. The van der Waals surface area contributed by atoms with Gasteiger partial charge < -0.3 is 9.53 Å². The van der Waals surface area contributed by atoms with Crippen molar-refractivity contribution in [2.24, 2.45) is 0 Å². The molecule has 0 spiro atoms. The van der Waals surface area contributed by atoms with Crippen LogP contribution in [0.2, 0.25) is 18.1 Å². The van der Waals surface area contributed by atoms with Gasteiger partial charge >= 0.3 is 11.8 Å². The van der Waals surface area contributed by atoms with Gasteiger partial charge in [-0.15, -0.1) is 5.10 Å². The zero-order valence-corrected chi connectivity index (χ0v) is 15.1. The Hall–Kier alpha value is -1.94. The van der Waals surface area contributed by atoms with Gasteiger partial charge in [-0.25, -0.2) is 4.79 Å². The summed E-state index contributed by atoms with van der Waals surface area (Å²) < 4.78 is 7.38. The summed E-state index contributed by atoms with van der Waals surface area (Å²) in [5.41, 5.74) is -0.363. The van der Waals surface area contributed by atoms with Gasteiger partial charge in [0.1, 0.15) is 6.20 Å². The molecule has 0 saturated heterocycles. The smallest absolute Gasteiger partial charge is 0.410 e. The van der Waals surface area contributed by atoms with Gasteiger partial charge in [-0.3, -0.25) is 20.1 Å². The number of rotatable bonds is 7. The van der Waals surface area contributed by atoms with E-state index in [1.54, 1.807) is 0 Å². The fraction of sp³-hybridized carbons (Fsp3) is 0.692. The Morgan fingerprint density at radius 3 is 2.61 bits per heavy atom. The molecule has 0 atom stereocenters. The molecule has 1 amide bonds. The number of nitrogens with zero attached hydrogens (tertiary/aromatic N) is 3. The zero-order chi connectivity index (χ0) is 17.8. The number of anilines is 1. The summed E-state index contributed by atoms with van der Waals surface area (Å²) in [4.78, 5) is 20.8. The molecule has 0 radical (unpaired) electrons. The van der Waals surface area contributed by atoms with Crippen molar-refractivity contribution in [1.29, 1.82) is 0 Å². The molecule has 1 rings (SSSR count). The number of carbonyl (C=O) groups is 1. The lowest BCUT2D eigenvalue weighted by atomic mass is 10.2. The molecule has 0 aromatic carbocycles. The minimum atomic E-state index is -1.82. The van der Waals surface area contributed by atoms with Gasteiger partial charge in [0.2, 0.25) is 5.82 Å².